The number of hydrazine groups is 1. The van der Waals surface area contributed by atoms with Crippen molar-refractivity contribution in [2.45, 2.75) is 37.3 Å². The van der Waals surface area contributed by atoms with Gasteiger partial charge in [0.05, 0.1) is 12.0 Å². The Labute approximate surface area is 248 Å². The Bertz CT molecular complexity index is 1600. The van der Waals surface area contributed by atoms with Crippen LogP contribution in [0.1, 0.15) is 51.8 Å². The number of aryl methyl sites for hydroxylation is 1. The first-order valence-electron chi connectivity index (χ1n) is 14.0. The molecular formula is C34H31N3O4S. The van der Waals surface area contributed by atoms with Gasteiger partial charge in [-0.15, -0.1) is 11.3 Å². The van der Waals surface area contributed by atoms with Gasteiger partial charge in [-0.3, -0.25) is 10.2 Å². The van der Waals surface area contributed by atoms with Crippen LogP contribution >= 0.6 is 11.3 Å². The zero-order valence-electron chi connectivity index (χ0n) is 22.9. The van der Waals surface area contributed by atoms with Crippen LogP contribution in [-0.4, -0.2) is 22.1 Å². The van der Waals surface area contributed by atoms with Gasteiger partial charge >= 0.3 is 6.03 Å². The molecule has 0 aliphatic heterocycles. The second-order valence-corrected chi connectivity index (χ2v) is 11.2. The normalized spacial score (nSPS) is 13.5. The minimum atomic E-state index is -2.09. The number of hydrogen-bond donors (Lipinski definition) is 3. The summed E-state index contributed by atoms with van der Waals surface area (Å²) in [5.74, 6) is -0.332. The second kappa shape index (κ2) is 12.1. The van der Waals surface area contributed by atoms with Crippen LogP contribution in [0.5, 0.6) is 0 Å². The molecule has 1 aliphatic rings. The number of carbonyl (C=O) groups is 2. The van der Waals surface area contributed by atoms with Crippen LogP contribution in [0.4, 0.5) is 10.5 Å². The molecule has 7 nitrogen and oxygen atoms in total. The van der Waals surface area contributed by atoms with Crippen LogP contribution in [0.3, 0.4) is 0 Å². The van der Waals surface area contributed by atoms with Crippen molar-refractivity contribution in [3.05, 3.63) is 148 Å². The largest absolute Gasteiger partial charge is 0.467 e. The lowest BCUT2D eigenvalue weighted by molar-refractivity contribution is -0.141. The van der Waals surface area contributed by atoms with Crippen molar-refractivity contribution >= 4 is 29.0 Å². The van der Waals surface area contributed by atoms with Crippen LogP contribution < -0.4 is 10.7 Å². The molecule has 6 rings (SSSR count). The van der Waals surface area contributed by atoms with Crippen LogP contribution in [0, 0.1) is 0 Å². The monoisotopic (exact) mass is 577 g/mol. The molecule has 3 amide bonds. The van der Waals surface area contributed by atoms with E-state index in [4.69, 9.17) is 4.42 Å². The van der Waals surface area contributed by atoms with Gasteiger partial charge < -0.3 is 14.8 Å². The molecule has 1 atom stereocenters. The van der Waals surface area contributed by atoms with E-state index in [1.165, 1.54) is 16.1 Å². The lowest BCUT2D eigenvalue weighted by Crippen LogP contribution is -2.56. The van der Waals surface area contributed by atoms with Crippen LogP contribution in [0.15, 0.2) is 119 Å². The molecule has 8 heteroatoms. The summed E-state index contributed by atoms with van der Waals surface area (Å²) in [6.07, 6.45) is 5.62. The molecule has 5 aromatic rings. The van der Waals surface area contributed by atoms with Crippen molar-refractivity contribution in [3.8, 4) is 0 Å². The van der Waals surface area contributed by atoms with Crippen molar-refractivity contribution in [1.29, 1.82) is 0 Å². The molecule has 0 spiro atoms. The molecule has 0 saturated heterocycles. The SMILES string of the molecule is O=C(Nc1csc2c1CCCC2)N(NC(=O)C(O)(c1ccccc1)c1ccccc1)C(c1ccccc1)c1ccco1. The number of hydrogen-bond acceptors (Lipinski definition) is 5. The van der Waals surface area contributed by atoms with E-state index >= 15 is 0 Å². The highest BCUT2D eigenvalue weighted by Gasteiger charge is 2.43. The van der Waals surface area contributed by atoms with Gasteiger partial charge in [-0.1, -0.05) is 91.0 Å². The number of amides is 3. The average Bonchev–Trinajstić information content (AvgIpc) is 3.72. The molecule has 2 heterocycles. The third-order valence-electron chi connectivity index (χ3n) is 7.64. The number of urea groups is 1. The Hall–Kier alpha value is -4.66. The highest BCUT2D eigenvalue weighted by atomic mass is 32.1. The molecule has 1 unspecified atom stereocenters. The lowest BCUT2D eigenvalue weighted by Gasteiger charge is -2.35. The Morgan fingerprint density at radius 1 is 0.833 bits per heavy atom. The summed E-state index contributed by atoms with van der Waals surface area (Å²) >= 11 is 1.64. The zero-order valence-corrected chi connectivity index (χ0v) is 23.7. The molecule has 1 aliphatic carbocycles. The zero-order chi connectivity index (χ0) is 28.9. The predicted octanol–water partition coefficient (Wildman–Crippen LogP) is 6.81. The third kappa shape index (κ3) is 5.34. The quantitative estimate of drug-likeness (QED) is 0.185. The second-order valence-electron chi connectivity index (χ2n) is 10.3. The first-order chi connectivity index (χ1) is 20.6. The fourth-order valence-corrected chi connectivity index (χ4v) is 6.59. The number of furan rings is 1. The highest BCUT2D eigenvalue weighted by molar-refractivity contribution is 7.10. The fourth-order valence-electron chi connectivity index (χ4n) is 5.51. The predicted molar refractivity (Wildman–Crippen MR) is 163 cm³/mol. The summed E-state index contributed by atoms with van der Waals surface area (Å²) in [4.78, 5) is 29.8. The van der Waals surface area contributed by atoms with Crippen molar-refractivity contribution in [3.63, 3.8) is 0 Å². The molecular weight excluding hydrogens is 546 g/mol. The Morgan fingerprint density at radius 3 is 2.07 bits per heavy atom. The minimum Gasteiger partial charge on any atom is -0.467 e. The number of thiophene rings is 1. The molecule has 0 radical (unpaired) electrons. The summed E-state index contributed by atoms with van der Waals surface area (Å²) in [6.45, 7) is 0. The maximum atomic E-state index is 14.3. The summed E-state index contributed by atoms with van der Waals surface area (Å²) in [6, 6.07) is 28.9. The topological polar surface area (TPSA) is 94.8 Å². The highest BCUT2D eigenvalue weighted by Crippen LogP contribution is 2.36. The van der Waals surface area contributed by atoms with Crippen molar-refractivity contribution in [2.75, 3.05) is 5.32 Å². The summed E-state index contributed by atoms with van der Waals surface area (Å²) in [5.41, 5.74) is 4.07. The Balaban J connectivity index is 1.43. The smallest absolute Gasteiger partial charge is 0.341 e. The van der Waals surface area contributed by atoms with Crippen LogP contribution in [0.25, 0.3) is 0 Å². The van der Waals surface area contributed by atoms with E-state index < -0.39 is 23.6 Å². The summed E-state index contributed by atoms with van der Waals surface area (Å²) in [7, 11) is 0. The number of nitrogens with one attached hydrogen (secondary N) is 2. The van der Waals surface area contributed by atoms with E-state index in [1.54, 1.807) is 72.0 Å². The maximum Gasteiger partial charge on any atom is 0.341 e. The first-order valence-corrected chi connectivity index (χ1v) is 14.9. The van der Waals surface area contributed by atoms with Gasteiger partial charge in [-0.25, -0.2) is 9.80 Å². The Kier molecular flexibility index (Phi) is 7.90. The van der Waals surface area contributed by atoms with Crippen LogP contribution in [-0.2, 0) is 23.2 Å². The fraction of sp³-hybridized carbons (Fsp3) is 0.176. The molecule has 3 aromatic carbocycles. The molecule has 3 N–H and O–H groups in total. The number of fused-ring (bicyclic) bond motifs is 1. The van der Waals surface area contributed by atoms with Gasteiger partial charge in [0.25, 0.3) is 5.91 Å². The lowest BCUT2D eigenvalue weighted by atomic mass is 9.85. The van der Waals surface area contributed by atoms with Crippen LogP contribution in [0.2, 0.25) is 0 Å². The van der Waals surface area contributed by atoms with Crippen molar-refractivity contribution in [2.24, 2.45) is 0 Å². The van der Waals surface area contributed by atoms with Crippen molar-refractivity contribution in [1.82, 2.24) is 10.4 Å². The third-order valence-corrected chi connectivity index (χ3v) is 8.73. The average molecular weight is 578 g/mol. The standard InChI is InChI=1S/C34H31N3O4S/c38-32(34(40,25-15-6-2-7-16-25)26-17-8-3-9-18-26)36-37(31(29-20-12-22-41-29)24-13-4-1-5-14-24)33(39)35-28-23-42-30-21-11-10-19-27(28)30/h1-9,12-18,20,22-23,31,40H,10-11,19,21H2,(H,35,39)(H,36,38). The number of aliphatic hydroxyl groups is 1. The van der Waals surface area contributed by atoms with E-state index in [0.29, 0.717) is 16.9 Å². The molecule has 212 valence electrons. The van der Waals surface area contributed by atoms with Gasteiger partial charge in [-0.2, -0.15) is 0 Å². The van der Waals surface area contributed by atoms with E-state index in [1.807, 2.05) is 47.8 Å². The van der Waals surface area contributed by atoms with Gasteiger partial charge in [0.1, 0.15) is 11.8 Å². The van der Waals surface area contributed by atoms with Gasteiger partial charge in [0.15, 0.2) is 5.60 Å². The van der Waals surface area contributed by atoms with E-state index in [2.05, 4.69) is 10.7 Å². The van der Waals surface area contributed by atoms with Gasteiger partial charge in [-0.05, 0) is 60.1 Å². The molecule has 0 bridgehead atoms. The molecule has 2 aromatic heterocycles. The number of rotatable bonds is 7. The maximum absolute atomic E-state index is 14.3. The van der Waals surface area contributed by atoms with Gasteiger partial charge in [0, 0.05) is 10.3 Å². The van der Waals surface area contributed by atoms with E-state index in [-0.39, 0.29) is 0 Å². The number of anilines is 1. The number of carbonyl (C=O) groups excluding carboxylic acids is 2. The first kappa shape index (κ1) is 27.5. The van der Waals surface area contributed by atoms with E-state index in [0.717, 1.165) is 42.5 Å². The molecule has 42 heavy (non-hydrogen) atoms. The molecule has 0 fully saturated rings. The number of nitrogens with zero attached hydrogens (tertiary/aromatic N) is 1. The van der Waals surface area contributed by atoms with Gasteiger partial charge in [0.2, 0.25) is 0 Å². The summed E-state index contributed by atoms with van der Waals surface area (Å²) < 4.78 is 5.81. The minimum absolute atomic E-state index is 0.371. The Morgan fingerprint density at radius 2 is 1.45 bits per heavy atom. The van der Waals surface area contributed by atoms with E-state index in [9.17, 15) is 14.7 Å². The number of benzene rings is 3. The molecule has 0 saturated carbocycles. The summed E-state index contributed by atoms with van der Waals surface area (Å²) in [5, 5.41) is 18.4. The van der Waals surface area contributed by atoms with Crippen molar-refractivity contribution < 1.29 is 19.1 Å².